The Hall–Kier alpha value is -0.830. The number of nitrogens with zero attached hydrogens (tertiary/aromatic N) is 3. The molecular formula is C17H32IN5O. The van der Waals surface area contributed by atoms with E-state index in [9.17, 15) is 0 Å². The normalized spacial score (nSPS) is 17.0. The lowest BCUT2D eigenvalue weighted by Crippen LogP contribution is -2.48. The monoisotopic (exact) mass is 449 g/mol. The summed E-state index contributed by atoms with van der Waals surface area (Å²) in [5.41, 5.74) is 0.994. The van der Waals surface area contributed by atoms with E-state index in [2.05, 4.69) is 46.5 Å². The van der Waals surface area contributed by atoms with Crippen LogP contribution < -0.4 is 10.6 Å². The third-order valence-corrected chi connectivity index (χ3v) is 4.29. The second-order valence-corrected chi connectivity index (χ2v) is 6.56. The van der Waals surface area contributed by atoms with Crippen LogP contribution in [0.5, 0.6) is 0 Å². The van der Waals surface area contributed by atoms with Gasteiger partial charge in [0.05, 0.1) is 12.2 Å². The Morgan fingerprint density at radius 3 is 2.67 bits per heavy atom. The number of guanidine groups is 1. The molecule has 0 amide bonds. The summed E-state index contributed by atoms with van der Waals surface area (Å²) >= 11 is 0. The van der Waals surface area contributed by atoms with Crippen molar-refractivity contribution in [1.82, 2.24) is 20.7 Å². The Morgan fingerprint density at radius 2 is 2.12 bits per heavy atom. The molecule has 1 aliphatic rings. The first-order chi connectivity index (χ1) is 11.1. The van der Waals surface area contributed by atoms with E-state index in [4.69, 9.17) is 4.52 Å². The Bertz CT molecular complexity index is 495. The largest absolute Gasteiger partial charge is 0.359 e. The van der Waals surface area contributed by atoms with Crippen LogP contribution in [0.25, 0.3) is 0 Å². The van der Waals surface area contributed by atoms with Crippen molar-refractivity contribution in [3.8, 4) is 0 Å². The minimum atomic E-state index is 0. The van der Waals surface area contributed by atoms with E-state index >= 15 is 0 Å². The number of hydrogen-bond donors (Lipinski definition) is 2. The van der Waals surface area contributed by atoms with E-state index in [-0.39, 0.29) is 24.0 Å². The zero-order valence-corrected chi connectivity index (χ0v) is 17.7. The van der Waals surface area contributed by atoms with E-state index in [0.29, 0.717) is 18.5 Å². The number of piperidine rings is 1. The van der Waals surface area contributed by atoms with Crippen molar-refractivity contribution in [2.24, 2.45) is 4.99 Å². The lowest BCUT2D eigenvalue weighted by Gasteiger charge is -2.32. The summed E-state index contributed by atoms with van der Waals surface area (Å²) in [5, 5.41) is 10.9. The molecule has 1 aromatic rings. The molecule has 2 rings (SSSR count). The molecule has 2 N–H and O–H groups in total. The van der Waals surface area contributed by atoms with Crippen molar-refractivity contribution in [1.29, 1.82) is 0 Å². The number of aliphatic imine (C=N–C) groups is 1. The van der Waals surface area contributed by atoms with Gasteiger partial charge in [-0.1, -0.05) is 25.9 Å². The van der Waals surface area contributed by atoms with Crippen molar-refractivity contribution in [3.63, 3.8) is 0 Å². The highest BCUT2D eigenvalue weighted by molar-refractivity contribution is 14.0. The van der Waals surface area contributed by atoms with Gasteiger partial charge in [-0.15, -0.1) is 24.0 Å². The number of rotatable bonds is 6. The van der Waals surface area contributed by atoms with E-state index in [0.717, 1.165) is 17.4 Å². The molecule has 0 aromatic carbocycles. The van der Waals surface area contributed by atoms with Gasteiger partial charge in [0, 0.05) is 32.2 Å². The molecular weight excluding hydrogens is 417 g/mol. The standard InChI is InChI=1S/C17H31N5O.HI/c1-5-8-22-9-6-14(7-10-22)20-17(18-4)19-12-15-11-16(13(2)3)21-23-15;/h11,13-14H,5-10,12H2,1-4H3,(H2,18,19,20);1H. The number of hydrogen-bond acceptors (Lipinski definition) is 4. The Labute approximate surface area is 162 Å². The minimum Gasteiger partial charge on any atom is -0.359 e. The third-order valence-electron chi connectivity index (χ3n) is 4.29. The Balaban J connectivity index is 0.00000288. The van der Waals surface area contributed by atoms with Crippen molar-refractivity contribution >= 4 is 29.9 Å². The average Bonchev–Trinajstić information content (AvgIpc) is 3.02. The molecule has 6 nitrogen and oxygen atoms in total. The number of aromatic nitrogens is 1. The SMILES string of the molecule is CCCN1CCC(NC(=NC)NCc2cc(C(C)C)no2)CC1.I. The molecule has 0 atom stereocenters. The molecule has 0 spiro atoms. The lowest BCUT2D eigenvalue weighted by molar-refractivity contribution is 0.206. The molecule has 2 heterocycles. The zero-order chi connectivity index (χ0) is 16.7. The first kappa shape index (κ1) is 21.2. The Morgan fingerprint density at radius 1 is 1.42 bits per heavy atom. The highest BCUT2D eigenvalue weighted by atomic mass is 127. The fourth-order valence-corrected chi connectivity index (χ4v) is 2.86. The lowest BCUT2D eigenvalue weighted by atomic mass is 10.1. The average molecular weight is 449 g/mol. The molecule has 0 unspecified atom stereocenters. The molecule has 1 aliphatic heterocycles. The highest BCUT2D eigenvalue weighted by Gasteiger charge is 2.19. The van der Waals surface area contributed by atoms with Crippen molar-refractivity contribution in [2.45, 2.75) is 58.5 Å². The van der Waals surface area contributed by atoms with Gasteiger partial charge in [0.25, 0.3) is 0 Å². The molecule has 1 saturated heterocycles. The maximum atomic E-state index is 5.35. The van der Waals surface area contributed by atoms with Crippen molar-refractivity contribution in [3.05, 3.63) is 17.5 Å². The fourth-order valence-electron chi connectivity index (χ4n) is 2.86. The van der Waals surface area contributed by atoms with Crippen LogP contribution in [0, 0.1) is 0 Å². The number of likely N-dealkylation sites (tertiary alicyclic amines) is 1. The van der Waals surface area contributed by atoms with Crippen LogP contribution in [0.15, 0.2) is 15.6 Å². The Kier molecular flexibility index (Phi) is 9.65. The first-order valence-electron chi connectivity index (χ1n) is 8.77. The van der Waals surface area contributed by atoms with E-state index in [1.165, 1.54) is 38.9 Å². The van der Waals surface area contributed by atoms with Crippen LogP contribution in [0.2, 0.25) is 0 Å². The van der Waals surface area contributed by atoms with Gasteiger partial charge < -0.3 is 20.1 Å². The van der Waals surface area contributed by atoms with Gasteiger partial charge in [-0.3, -0.25) is 4.99 Å². The van der Waals surface area contributed by atoms with Crippen molar-refractivity contribution < 1.29 is 4.52 Å². The third kappa shape index (κ3) is 6.58. The summed E-state index contributed by atoms with van der Waals surface area (Å²) in [6, 6.07) is 2.50. The predicted molar refractivity (Wildman–Crippen MR) is 109 cm³/mol. The van der Waals surface area contributed by atoms with Gasteiger partial charge in [0.15, 0.2) is 11.7 Å². The maximum absolute atomic E-state index is 5.35. The molecule has 1 aromatic heterocycles. The van der Waals surface area contributed by atoms with E-state index < -0.39 is 0 Å². The summed E-state index contributed by atoms with van der Waals surface area (Å²) in [5.74, 6) is 2.06. The predicted octanol–water partition coefficient (Wildman–Crippen LogP) is 2.96. The molecule has 7 heteroatoms. The number of halogens is 1. The van der Waals surface area contributed by atoms with Crippen LogP contribution in [-0.2, 0) is 6.54 Å². The summed E-state index contributed by atoms with van der Waals surface area (Å²) < 4.78 is 5.35. The quantitative estimate of drug-likeness (QED) is 0.397. The van der Waals surface area contributed by atoms with Gasteiger partial charge in [-0.2, -0.15) is 0 Å². The summed E-state index contributed by atoms with van der Waals surface area (Å²) in [4.78, 5) is 6.85. The van der Waals surface area contributed by atoms with E-state index in [1.54, 1.807) is 0 Å². The topological polar surface area (TPSA) is 65.7 Å². The fraction of sp³-hybridized carbons (Fsp3) is 0.765. The molecule has 0 aliphatic carbocycles. The van der Waals surface area contributed by atoms with Crippen LogP contribution in [0.1, 0.15) is 57.4 Å². The first-order valence-corrected chi connectivity index (χ1v) is 8.77. The summed E-state index contributed by atoms with van der Waals surface area (Å²) in [7, 11) is 1.81. The maximum Gasteiger partial charge on any atom is 0.191 e. The van der Waals surface area contributed by atoms with Gasteiger partial charge in [-0.05, 0) is 31.7 Å². The molecule has 1 fully saturated rings. The molecule has 0 radical (unpaired) electrons. The van der Waals surface area contributed by atoms with Gasteiger partial charge >= 0.3 is 0 Å². The molecule has 0 bridgehead atoms. The summed E-state index contributed by atoms with van der Waals surface area (Å²) in [6.07, 6.45) is 3.57. The molecule has 24 heavy (non-hydrogen) atoms. The van der Waals surface area contributed by atoms with Crippen LogP contribution in [0.3, 0.4) is 0 Å². The van der Waals surface area contributed by atoms with Gasteiger partial charge in [0.1, 0.15) is 0 Å². The molecule has 0 saturated carbocycles. The van der Waals surface area contributed by atoms with E-state index in [1.807, 2.05) is 13.1 Å². The second-order valence-electron chi connectivity index (χ2n) is 6.56. The number of nitrogens with one attached hydrogen (secondary N) is 2. The second kappa shape index (κ2) is 10.9. The minimum absolute atomic E-state index is 0. The van der Waals surface area contributed by atoms with Crippen LogP contribution in [-0.4, -0.2) is 48.7 Å². The van der Waals surface area contributed by atoms with Crippen LogP contribution >= 0.6 is 24.0 Å². The van der Waals surface area contributed by atoms with Crippen LogP contribution in [0.4, 0.5) is 0 Å². The summed E-state index contributed by atoms with van der Waals surface area (Å²) in [6.45, 7) is 10.6. The van der Waals surface area contributed by atoms with Crippen molar-refractivity contribution in [2.75, 3.05) is 26.7 Å². The highest BCUT2D eigenvalue weighted by Crippen LogP contribution is 2.14. The van der Waals surface area contributed by atoms with Gasteiger partial charge in [-0.25, -0.2) is 0 Å². The smallest absolute Gasteiger partial charge is 0.191 e. The van der Waals surface area contributed by atoms with Gasteiger partial charge in [0.2, 0.25) is 0 Å². The zero-order valence-electron chi connectivity index (χ0n) is 15.3. The molecule has 138 valence electrons.